The number of H-pyrrole nitrogens is 2. The van der Waals surface area contributed by atoms with Gasteiger partial charge in [-0.3, -0.25) is 18.7 Å². The molecule has 0 saturated carbocycles. The van der Waals surface area contributed by atoms with Gasteiger partial charge in [-0.25, -0.2) is 29.9 Å². The third kappa shape index (κ3) is 7.23. The molecule has 10 rings (SSSR count). The zero-order valence-electron chi connectivity index (χ0n) is 27.1. The number of benzene rings is 4. The van der Waals surface area contributed by atoms with Crippen LogP contribution in [0.15, 0.2) is 97.1 Å². The second-order valence-electron chi connectivity index (χ2n) is 11.8. The maximum absolute atomic E-state index is 10.4. The molecule has 0 spiro atoms. The van der Waals surface area contributed by atoms with Gasteiger partial charge in [0.2, 0.25) is 11.8 Å². The molecule has 0 atom stereocenters. The summed E-state index contributed by atoms with van der Waals surface area (Å²) in [5.74, 6) is 1.80. The van der Waals surface area contributed by atoms with Crippen molar-refractivity contribution in [2.24, 2.45) is 0 Å². The fourth-order valence-corrected chi connectivity index (χ4v) is 6.31. The molecule has 1 saturated heterocycles. The molecular formula is C36H25ClN9NaO6S. The Balaban J connectivity index is 0.000000276. The van der Waals surface area contributed by atoms with Gasteiger partial charge in [-0.05, 0) is 0 Å². The van der Waals surface area contributed by atoms with E-state index < -0.39 is 10.4 Å². The van der Waals surface area contributed by atoms with Gasteiger partial charge in [-0.2, -0.15) is 12.8 Å². The summed E-state index contributed by atoms with van der Waals surface area (Å²) in [4.78, 5) is 57.5. The Kier molecular flexibility index (Phi) is 10.1. The summed E-state index contributed by atoms with van der Waals surface area (Å²) in [6, 6.07) is 32.2. The van der Waals surface area contributed by atoms with Crippen molar-refractivity contribution in [3.63, 3.8) is 0 Å². The van der Waals surface area contributed by atoms with Gasteiger partial charge in [0.05, 0.1) is 0 Å². The average Bonchev–Trinajstić information content (AvgIpc) is 3.94. The van der Waals surface area contributed by atoms with Crippen molar-refractivity contribution in [3.8, 4) is 45.6 Å². The molecule has 3 aliphatic heterocycles. The molecule has 54 heavy (non-hydrogen) atoms. The van der Waals surface area contributed by atoms with Gasteiger partial charge < -0.3 is 9.97 Å². The number of nitrogens with zero attached hydrogens (tertiary/aromatic N) is 7. The predicted octanol–water partition coefficient (Wildman–Crippen LogP) is 5.86. The van der Waals surface area contributed by atoms with Crippen LogP contribution in [0.1, 0.15) is 12.8 Å². The fraction of sp³-hybridized carbons (Fsp3) is 0.0556. The predicted molar refractivity (Wildman–Crippen MR) is 204 cm³/mol. The minimum Gasteiger partial charge on any atom is -0.324 e. The summed E-state index contributed by atoms with van der Waals surface area (Å²) in [6.45, 7) is 0. The molecule has 1 fully saturated rings. The smallest absolute Gasteiger partial charge is 0.164 e. The van der Waals surface area contributed by atoms with Gasteiger partial charge in [0, 0.05) is 68.4 Å². The SMILES string of the molecule is O=C1CCC(=O)N1Cl.O=S(=O)(O)O.[NaH].c1ccc2c(c1)-c1nc-2nc2[nH]c(nc3nc(nc4[nH]c(n1)c1ccccc41)-c1ccccc1-3)c1ccccc21. The van der Waals surface area contributed by atoms with Crippen molar-refractivity contribution in [2.75, 3.05) is 0 Å². The molecular weight excluding hydrogens is 745 g/mol. The van der Waals surface area contributed by atoms with Gasteiger partial charge in [-0.15, -0.1) is 0 Å². The number of imide groups is 1. The molecule has 15 nitrogen and oxygen atoms in total. The van der Waals surface area contributed by atoms with Crippen LogP contribution in [-0.4, -0.2) is 103 Å². The molecule has 18 heteroatoms. The van der Waals surface area contributed by atoms with Gasteiger partial charge in [-0.1, -0.05) is 97.1 Å². The molecule has 7 aromatic rings. The van der Waals surface area contributed by atoms with Crippen molar-refractivity contribution in [3.05, 3.63) is 97.1 Å². The van der Waals surface area contributed by atoms with Crippen LogP contribution in [0, 0.1) is 0 Å². The molecule has 4 N–H and O–H groups in total. The van der Waals surface area contributed by atoms with Crippen molar-refractivity contribution in [1.29, 1.82) is 0 Å². The third-order valence-electron chi connectivity index (χ3n) is 8.45. The Morgan fingerprint density at radius 2 is 0.741 bits per heavy atom. The van der Waals surface area contributed by atoms with E-state index in [4.69, 9.17) is 59.2 Å². The fourth-order valence-electron chi connectivity index (χ4n) is 6.14. The molecule has 8 bridgehead atoms. The number of nitrogens with one attached hydrogen (secondary N) is 2. The zero-order valence-corrected chi connectivity index (χ0v) is 28.7. The van der Waals surface area contributed by atoms with Gasteiger partial charge in [0.25, 0.3) is 0 Å². The number of hydrogen-bond donors (Lipinski definition) is 4. The van der Waals surface area contributed by atoms with E-state index in [0.717, 1.165) is 43.8 Å². The minimum absolute atomic E-state index is 0. The first-order valence-electron chi connectivity index (χ1n) is 15.9. The van der Waals surface area contributed by atoms with E-state index >= 15 is 0 Å². The second-order valence-corrected chi connectivity index (χ2v) is 13.0. The van der Waals surface area contributed by atoms with Crippen molar-refractivity contribution >= 4 is 108 Å². The van der Waals surface area contributed by atoms with Crippen LogP contribution in [0.25, 0.3) is 89.7 Å². The standard InChI is InChI=1S/C32H18N8.C4H4ClNO2.Na.H2O4S.H/c1-2-10-18-17(9-1)25-33-26(18)38-28-21-13-5-6-14-22(21)30(35-28)40-32-24-16-8-7-15-23(24)31(36-32)39-29-20-12-4-3-11-19(20)27(34-29)37-25;5-6-3(7)1-2-4(6)8;;1-5(2,3)4;/h1-16H,(H2,33,34,35,36,37,38,39,40);1-2H2;;(H2,1,2,3,4);. The van der Waals surface area contributed by atoms with Gasteiger partial charge in [0.1, 0.15) is 22.6 Å². The van der Waals surface area contributed by atoms with Gasteiger partial charge in [0.15, 0.2) is 23.3 Å². The summed E-state index contributed by atoms with van der Waals surface area (Å²) in [6.07, 6.45) is 0.532. The van der Waals surface area contributed by atoms with E-state index in [-0.39, 0.29) is 54.2 Å². The van der Waals surface area contributed by atoms with Crippen LogP contribution in [-0.2, 0) is 20.0 Å². The Bertz CT molecular complexity index is 2590. The minimum atomic E-state index is -4.67. The largest absolute Gasteiger partial charge is 0.324 e. The molecule has 4 aromatic carbocycles. The van der Waals surface area contributed by atoms with Crippen LogP contribution in [0.2, 0.25) is 0 Å². The molecule has 3 aromatic heterocycles. The third-order valence-corrected chi connectivity index (χ3v) is 8.83. The summed E-state index contributed by atoms with van der Waals surface area (Å²) >= 11 is 5.15. The number of halogens is 1. The van der Waals surface area contributed by atoms with E-state index in [1.54, 1.807) is 0 Å². The van der Waals surface area contributed by atoms with Crippen molar-refractivity contribution in [1.82, 2.24) is 44.3 Å². The molecule has 264 valence electrons. The number of aromatic amines is 2. The van der Waals surface area contributed by atoms with E-state index in [2.05, 4.69) is 9.97 Å². The number of hydrogen-bond acceptors (Lipinski definition) is 10. The number of rotatable bonds is 0. The van der Waals surface area contributed by atoms with E-state index in [9.17, 15) is 9.59 Å². The summed E-state index contributed by atoms with van der Waals surface area (Å²) in [5, 5.41) is 3.82. The first-order chi connectivity index (χ1) is 25.5. The topological polar surface area (TPSA) is 221 Å². The first-order valence-corrected chi connectivity index (χ1v) is 17.7. The van der Waals surface area contributed by atoms with Crippen LogP contribution in [0.4, 0.5) is 0 Å². The molecule has 3 aliphatic rings. The van der Waals surface area contributed by atoms with Crippen LogP contribution in [0.3, 0.4) is 0 Å². The number of fused-ring (bicyclic) bond motifs is 20. The number of amides is 2. The van der Waals surface area contributed by atoms with E-state index in [1.165, 1.54) is 0 Å². The van der Waals surface area contributed by atoms with E-state index in [1.807, 2.05) is 97.1 Å². The molecule has 0 radical (unpaired) electrons. The Morgan fingerprint density at radius 1 is 0.500 bits per heavy atom. The Labute approximate surface area is 332 Å². The second kappa shape index (κ2) is 14.8. The quantitative estimate of drug-likeness (QED) is 0.0617. The van der Waals surface area contributed by atoms with Crippen LogP contribution < -0.4 is 0 Å². The van der Waals surface area contributed by atoms with Crippen LogP contribution >= 0.6 is 11.8 Å². The van der Waals surface area contributed by atoms with Crippen LogP contribution in [0.5, 0.6) is 0 Å². The zero-order chi connectivity index (χ0) is 36.9. The summed E-state index contributed by atoms with van der Waals surface area (Å²) in [5.41, 5.74) is 6.45. The van der Waals surface area contributed by atoms with Crippen molar-refractivity contribution < 1.29 is 27.1 Å². The van der Waals surface area contributed by atoms with Gasteiger partial charge >= 0.3 is 40.0 Å². The normalized spacial score (nSPS) is 13.0. The summed E-state index contributed by atoms with van der Waals surface area (Å²) in [7, 11) is -4.67. The maximum Gasteiger partial charge on any atom is 0.164 e. The molecule has 2 amide bonds. The Morgan fingerprint density at radius 3 is 0.963 bits per heavy atom. The average molecular weight is 770 g/mol. The molecule has 0 unspecified atom stereocenters. The summed E-state index contributed by atoms with van der Waals surface area (Å²) < 4.78 is 32.2. The van der Waals surface area contributed by atoms with E-state index in [0.29, 0.717) is 50.3 Å². The number of carbonyl (C=O) groups excluding carboxylic acids is 2. The Hall–Kier alpha value is -5.46. The molecule has 0 aliphatic carbocycles. The monoisotopic (exact) mass is 769 g/mol. The molecule has 6 heterocycles. The number of aromatic nitrogens is 8. The number of carbonyl (C=O) groups is 2. The van der Waals surface area contributed by atoms with Crippen molar-refractivity contribution in [2.45, 2.75) is 12.8 Å². The maximum atomic E-state index is 10.4. The first kappa shape index (κ1) is 36.9.